The van der Waals surface area contributed by atoms with Crippen LogP contribution >= 0.6 is 0 Å². The largest absolute Gasteiger partial charge is 0.329 e. The van der Waals surface area contributed by atoms with Crippen molar-refractivity contribution >= 4 is 44.1 Å². The Bertz CT molecular complexity index is 1400. The number of rotatable bonds is 7. The Balaban J connectivity index is 1.37. The topological polar surface area (TPSA) is 116 Å². The first-order chi connectivity index (χ1) is 15.4. The maximum absolute atomic E-state index is 12.5. The minimum Gasteiger partial charge on any atom is -0.329 e. The fourth-order valence-electron chi connectivity index (χ4n) is 3.44. The van der Waals surface area contributed by atoms with Gasteiger partial charge in [0.2, 0.25) is 16.0 Å². The molecule has 2 aromatic carbocycles. The lowest BCUT2D eigenvalue weighted by molar-refractivity contribution is 0.581. The van der Waals surface area contributed by atoms with E-state index in [1.807, 2.05) is 43.1 Å². The van der Waals surface area contributed by atoms with E-state index in [2.05, 4.69) is 30.2 Å². The van der Waals surface area contributed by atoms with Gasteiger partial charge in [0.25, 0.3) is 0 Å². The Morgan fingerprint density at radius 2 is 1.97 bits per heavy atom. The molecule has 32 heavy (non-hydrogen) atoms. The van der Waals surface area contributed by atoms with Crippen LogP contribution in [0.25, 0.3) is 10.9 Å². The molecule has 2 aromatic heterocycles. The van der Waals surface area contributed by atoms with Crippen molar-refractivity contribution in [1.82, 2.24) is 24.9 Å². The van der Waals surface area contributed by atoms with Crippen LogP contribution in [0, 0.1) is 6.92 Å². The van der Waals surface area contributed by atoms with Gasteiger partial charge in [-0.05, 0) is 62.2 Å². The summed E-state index contributed by atoms with van der Waals surface area (Å²) in [4.78, 5) is 11.0. The molecule has 0 atom stereocenters. The van der Waals surface area contributed by atoms with Crippen molar-refractivity contribution in [2.75, 3.05) is 17.3 Å². The van der Waals surface area contributed by atoms with Crippen LogP contribution in [-0.2, 0) is 10.0 Å². The molecule has 1 fully saturated rings. The quantitative estimate of drug-likeness (QED) is 0.395. The van der Waals surface area contributed by atoms with Gasteiger partial charge >= 0.3 is 0 Å². The molecule has 0 saturated heterocycles. The maximum Gasteiger partial charge on any atom is 0.240 e. The third-order valence-electron chi connectivity index (χ3n) is 5.41. The van der Waals surface area contributed by atoms with E-state index in [1.54, 1.807) is 30.5 Å². The molecule has 1 saturated carbocycles. The summed E-state index contributed by atoms with van der Waals surface area (Å²) in [5, 5.41) is 11.5. The van der Waals surface area contributed by atoms with E-state index in [1.165, 1.54) is 0 Å². The molecule has 5 rings (SSSR count). The van der Waals surface area contributed by atoms with Gasteiger partial charge in [-0.15, -0.1) is 0 Å². The molecule has 164 valence electrons. The molecule has 3 N–H and O–H groups in total. The number of hydrogen-bond donors (Lipinski definition) is 3. The van der Waals surface area contributed by atoms with Gasteiger partial charge in [-0.1, -0.05) is 6.07 Å². The van der Waals surface area contributed by atoms with E-state index in [0.29, 0.717) is 17.5 Å². The Labute approximate surface area is 186 Å². The lowest BCUT2D eigenvalue weighted by Crippen LogP contribution is -2.25. The molecule has 0 bridgehead atoms. The Kier molecular flexibility index (Phi) is 5.03. The number of aromatic nitrogens is 4. The van der Waals surface area contributed by atoms with Crippen molar-refractivity contribution in [3.63, 3.8) is 0 Å². The zero-order valence-corrected chi connectivity index (χ0v) is 18.5. The van der Waals surface area contributed by atoms with Crippen molar-refractivity contribution in [3.05, 3.63) is 60.4 Å². The average molecular weight is 450 g/mol. The van der Waals surface area contributed by atoms with Gasteiger partial charge in [0.05, 0.1) is 16.1 Å². The number of benzene rings is 2. The van der Waals surface area contributed by atoms with E-state index in [-0.39, 0.29) is 10.9 Å². The summed E-state index contributed by atoms with van der Waals surface area (Å²) in [6.07, 6.45) is 3.44. The van der Waals surface area contributed by atoms with Crippen LogP contribution < -0.4 is 14.9 Å². The van der Waals surface area contributed by atoms with Crippen LogP contribution in [0.2, 0.25) is 0 Å². The molecule has 0 aliphatic heterocycles. The summed E-state index contributed by atoms with van der Waals surface area (Å²) in [5.74, 6) is 1.06. The van der Waals surface area contributed by atoms with Gasteiger partial charge < -0.3 is 10.2 Å². The first-order valence-electron chi connectivity index (χ1n) is 10.3. The number of nitrogens with zero attached hydrogens (tertiary/aromatic N) is 4. The molecule has 0 spiro atoms. The van der Waals surface area contributed by atoms with Gasteiger partial charge in [0.1, 0.15) is 5.82 Å². The van der Waals surface area contributed by atoms with Crippen LogP contribution in [-0.4, -0.2) is 41.7 Å². The van der Waals surface area contributed by atoms with E-state index < -0.39 is 10.0 Å². The Morgan fingerprint density at radius 3 is 2.78 bits per heavy atom. The number of hydrogen-bond acceptors (Lipinski definition) is 7. The first-order valence-corrected chi connectivity index (χ1v) is 11.8. The maximum atomic E-state index is 12.5. The SMILES string of the molecule is Cc1n[nH]c2cc(N(C)c3ccnc(Nc4cccc(S(=O)(=O)NC5CC5)c4)n3)ccc12. The Hall–Kier alpha value is -3.50. The van der Waals surface area contributed by atoms with E-state index in [9.17, 15) is 8.42 Å². The highest BCUT2D eigenvalue weighted by molar-refractivity contribution is 7.89. The fraction of sp³-hybridized carbons (Fsp3) is 0.227. The Morgan fingerprint density at radius 1 is 1.12 bits per heavy atom. The number of nitrogens with one attached hydrogen (secondary N) is 3. The van der Waals surface area contributed by atoms with Crippen LogP contribution in [0.3, 0.4) is 0 Å². The molecule has 9 nitrogen and oxygen atoms in total. The lowest BCUT2D eigenvalue weighted by atomic mass is 10.2. The standard InChI is InChI=1S/C22H23N7O2S/c1-14-19-9-8-17(13-20(19)27-26-14)29(2)21-10-11-23-22(25-21)24-16-4-3-5-18(12-16)32(30,31)28-15-6-7-15/h3-5,8-13,15,28H,6-7H2,1-2H3,(H,26,27)(H,23,24,25). The minimum absolute atomic E-state index is 0.0528. The molecule has 1 aliphatic rings. The predicted molar refractivity (Wildman–Crippen MR) is 124 cm³/mol. The van der Waals surface area contributed by atoms with Crippen molar-refractivity contribution in [1.29, 1.82) is 0 Å². The van der Waals surface area contributed by atoms with Crippen molar-refractivity contribution in [2.45, 2.75) is 30.7 Å². The molecule has 0 amide bonds. The summed E-state index contributed by atoms with van der Waals surface area (Å²) in [5.41, 5.74) is 3.46. The summed E-state index contributed by atoms with van der Waals surface area (Å²) >= 11 is 0. The third-order valence-corrected chi connectivity index (χ3v) is 6.93. The van der Waals surface area contributed by atoms with Gasteiger partial charge in [0.15, 0.2) is 0 Å². The van der Waals surface area contributed by atoms with Gasteiger partial charge in [-0.3, -0.25) is 5.10 Å². The highest BCUT2D eigenvalue weighted by Gasteiger charge is 2.28. The predicted octanol–water partition coefficient (Wildman–Crippen LogP) is 3.61. The molecule has 10 heteroatoms. The molecule has 4 aromatic rings. The molecule has 1 aliphatic carbocycles. The van der Waals surface area contributed by atoms with Crippen molar-refractivity contribution in [2.24, 2.45) is 0 Å². The second-order valence-electron chi connectivity index (χ2n) is 7.88. The second kappa shape index (κ2) is 7.88. The summed E-state index contributed by atoms with van der Waals surface area (Å²) in [6, 6.07) is 14.6. The van der Waals surface area contributed by atoms with Crippen LogP contribution in [0.15, 0.2) is 59.6 Å². The number of sulfonamides is 1. The molecular formula is C22H23N7O2S. The highest BCUT2D eigenvalue weighted by Crippen LogP contribution is 2.28. The van der Waals surface area contributed by atoms with E-state index in [4.69, 9.17) is 0 Å². The van der Waals surface area contributed by atoms with Crippen LogP contribution in [0.1, 0.15) is 18.5 Å². The molecule has 2 heterocycles. The third kappa shape index (κ3) is 4.14. The van der Waals surface area contributed by atoms with Crippen molar-refractivity contribution in [3.8, 4) is 0 Å². The van der Waals surface area contributed by atoms with E-state index >= 15 is 0 Å². The summed E-state index contributed by atoms with van der Waals surface area (Å²) in [7, 11) is -1.61. The van der Waals surface area contributed by atoms with Gasteiger partial charge in [-0.2, -0.15) is 10.1 Å². The number of aromatic amines is 1. The fourth-order valence-corrected chi connectivity index (χ4v) is 4.79. The zero-order valence-electron chi connectivity index (χ0n) is 17.7. The first kappa shape index (κ1) is 20.4. The van der Waals surface area contributed by atoms with Gasteiger partial charge in [0, 0.05) is 36.0 Å². The van der Waals surface area contributed by atoms with Gasteiger partial charge in [-0.25, -0.2) is 18.1 Å². The van der Waals surface area contributed by atoms with Crippen molar-refractivity contribution < 1.29 is 8.42 Å². The number of fused-ring (bicyclic) bond motifs is 1. The minimum atomic E-state index is -3.53. The van der Waals surface area contributed by atoms with Crippen LogP contribution in [0.5, 0.6) is 0 Å². The lowest BCUT2D eigenvalue weighted by Gasteiger charge is -2.19. The van der Waals surface area contributed by atoms with E-state index in [0.717, 1.165) is 35.1 Å². The second-order valence-corrected chi connectivity index (χ2v) is 9.60. The molecule has 0 radical (unpaired) electrons. The molecule has 0 unspecified atom stereocenters. The average Bonchev–Trinajstić information content (AvgIpc) is 3.52. The summed E-state index contributed by atoms with van der Waals surface area (Å²) in [6.45, 7) is 1.97. The van der Waals surface area contributed by atoms with Crippen LogP contribution in [0.4, 0.5) is 23.1 Å². The highest BCUT2D eigenvalue weighted by atomic mass is 32.2. The number of aryl methyl sites for hydroxylation is 1. The smallest absolute Gasteiger partial charge is 0.240 e. The summed E-state index contributed by atoms with van der Waals surface area (Å²) < 4.78 is 27.7. The number of anilines is 4. The molecular weight excluding hydrogens is 426 g/mol. The monoisotopic (exact) mass is 449 g/mol. The zero-order chi connectivity index (χ0) is 22.3. The number of H-pyrrole nitrogens is 1. The normalized spacial score (nSPS) is 13.9.